The highest BCUT2D eigenvalue weighted by Gasteiger charge is 2.27. The second-order valence-electron chi connectivity index (χ2n) is 7.82. The van der Waals surface area contributed by atoms with E-state index < -0.39 is 0 Å². The van der Waals surface area contributed by atoms with Gasteiger partial charge in [0.25, 0.3) is 5.91 Å². The second-order valence-corrected chi connectivity index (χ2v) is 9.78. The molecule has 0 saturated heterocycles. The zero-order chi connectivity index (χ0) is 23.2. The number of thiophene rings is 1. The minimum Gasteiger partial charge on any atom is -0.492 e. The van der Waals surface area contributed by atoms with Gasteiger partial charge in [0.1, 0.15) is 10.8 Å². The maximum absolute atomic E-state index is 13.0. The molecule has 172 valence electrons. The maximum atomic E-state index is 13.0. The van der Waals surface area contributed by atoms with Crippen molar-refractivity contribution in [1.82, 2.24) is 0 Å². The number of ether oxygens (including phenoxy) is 2. The van der Waals surface area contributed by atoms with Crippen LogP contribution in [0.15, 0.2) is 53.0 Å². The first-order chi connectivity index (χ1) is 16.1. The fraction of sp³-hybridized carbons (Fsp3) is 0.308. The summed E-state index contributed by atoms with van der Waals surface area (Å²) in [7, 11) is 0. The average Bonchev–Trinajstić information content (AvgIpc) is 3.18. The molecule has 1 aromatic heterocycles. The van der Waals surface area contributed by atoms with E-state index in [1.54, 1.807) is 25.1 Å². The molecule has 0 unspecified atom stereocenters. The van der Waals surface area contributed by atoms with Crippen molar-refractivity contribution in [3.63, 3.8) is 0 Å². The molecule has 0 saturated carbocycles. The molecule has 7 heteroatoms. The van der Waals surface area contributed by atoms with Gasteiger partial charge < -0.3 is 14.8 Å². The van der Waals surface area contributed by atoms with Crippen LogP contribution < -0.4 is 10.1 Å². The summed E-state index contributed by atoms with van der Waals surface area (Å²) >= 11 is 5.00. The molecule has 0 aliphatic heterocycles. The van der Waals surface area contributed by atoms with Crippen molar-refractivity contribution in [3.8, 4) is 5.75 Å². The van der Waals surface area contributed by atoms with Gasteiger partial charge in [-0.3, -0.25) is 4.79 Å². The first-order valence-corrected chi connectivity index (χ1v) is 12.8. The minimum atomic E-state index is -0.365. The smallest absolute Gasteiger partial charge is 0.341 e. The number of carbonyl (C=O) groups excluding carboxylic acids is 2. The number of aryl methyl sites for hydroxylation is 1. The van der Waals surface area contributed by atoms with E-state index in [2.05, 4.69) is 33.4 Å². The van der Waals surface area contributed by atoms with Crippen LogP contribution in [-0.4, -0.2) is 25.1 Å². The second kappa shape index (κ2) is 11.0. The van der Waals surface area contributed by atoms with E-state index in [1.165, 1.54) is 21.8 Å². The number of carbonyl (C=O) groups is 2. The Labute approximate surface area is 206 Å². The summed E-state index contributed by atoms with van der Waals surface area (Å²) in [6.07, 6.45) is 4.72. The SMILES string of the molecule is CCOC(=O)c1c(NC(=O)c2ccc(OCCc3ccccc3)c(Br)c2)sc2c1CCCC2. The van der Waals surface area contributed by atoms with Crippen LogP contribution in [-0.2, 0) is 24.0 Å². The average molecular weight is 528 g/mol. The molecule has 1 amide bonds. The van der Waals surface area contributed by atoms with E-state index >= 15 is 0 Å². The highest BCUT2D eigenvalue weighted by atomic mass is 79.9. The predicted octanol–water partition coefficient (Wildman–Crippen LogP) is 6.44. The lowest BCUT2D eigenvalue weighted by Crippen LogP contribution is -2.16. The van der Waals surface area contributed by atoms with E-state index in [1.807, 2.05) is 18.2 Å². The molecule has 0 fully saturated rings. The van der Waals surface area contributed by atoms with Crippen LogP contribution in [0, 0.1) is 0 Å². The van der Waals surface area contributed by atoms with Gasteiger partial charge in [0.05, 0.1) is 23.2 Å². The normalized spacial score (nSPS) is 12.7. The molecule has 3 aromatic rings. The molecule has 2 aromatic carbocycles. The topological polar surface area (TPSA) is 64.6 Å². The van der Waals surface area contributed by atoms with Crippen LogP contribution in [0.4, 0.5) is 5.00 Å². The van der Waals surface area contributed by atoms with Crippen LogP contribution in [0.25, 0.3) is 0 Å². The Hall–Kier alpha value is -2.64. The van der Waals surface area contributed by atoms with Gasteiger partial charge in [0.15, 0.2) is 0 Å². The molecule has 1 aliphatic rings. The quantitative estimate of drug-likeness (QED) is 0.342. The summed E-state index contributed by atoms with van der Waals surface area (Å²) in [6.45, 7) is 2.63. The molecule has 0 radical (unpaired) electrons. The first kappa shape index (κ1) is 23.5. The summed E-state index contributed by atoms with van der Waals surface area (Å²) in [5.74, 6) is 0.0486. The number of hydrogen-bond acceptors (Lipinski definition) is 5. The fourth-order valence-electron chi connectivity index (χ4n) is 3.93. The van der Waals surface area contributed by atoms with Crippen molar-refractivity contribution in [2.45, 2.75) is 39.0 Å². The number of halogens is 1. The summed E-state index contributed by atoms with van der Waals surface area (Å²) < 4.78 is 11.9. The molecular formula is C26H26BrNO4S. The van der Waals surface area contributed by atoms with E-state index in [-0.39, 0.29) is 11.9 Å². The Morgan fingerprint density at radius 2 is 1.88 bits per heavy atom. The highest BCUT2D eigenvalue weighted by Crippen LogP contribution is 2.39. The number of rotatable bonds is 8. The number of esters is 1. The van der Waals surface area contributed by atoms with Gasteiger partial charge in [-0.15, -0.1) is 11.3 Å². The Morgan fingerprint density at radius 1 is 1.09 bits per heavy atom. The number of hydrogen-bond donors (Lipinski definition) is 1. The van der Waals surface area contributed by atoms with Gasteiger partial charge >= 0.3 is 5.97 Å². The Morgan fingerprint density at radius 3 is 2.64 bits per heavy atom. The van der Waals surface area contributed by atoms with Crippen molar-refractivity contribution in [2.75, 3.05) is 18.5 Å². The third kappa shape index (κ3) is 5.65. The van der Waals surface area contributed by atoms with E-state index in [4.69, 9.17) is 9.47 Å². The minimum absolute atomic E-state index is 0.268. The number of nitrogens with one attached hydrogen (secondary N) is 1. The lowest BCUT2D eigenvalue weighted by Gasteiger charge is -2.12. The van der Waals surface area contributed by atoms with E-state index in [9.17, 15) is 9.59 Å². The van der Waals surface area contributed by atoms with E-state index in [0.717, 1.165) is 37.7 Å². The Bertz CT molecular complexity index is 1140. The molecular weight excluding hydrogens is 502 g/mol. The number of amides is 1. The zero-order valence-corrected chi connectivity index (χ0v) is 20.9. The maximum Gasteiger partial charge on any atom is 0.341 e. The molecule has 1 N–H and O–H groups in total. The number of benzene rings is 2. The van der Waals surface area contributed by atoms with Crippen molar-refractivity contribution in [3.05, 3.63) is 80.1 Å². The molecule has 0 atom stereocenters. The first-order valence-electron chi connectivity index (χ1n) is 11.2. The van der Waals surface area contributed by atoms with Crippen LogP contribution in [0.1, 0.15) is 56.5 Å². The zero-order valence-electron chi connectivity index (χ0n) is 18.5. The molecule has 33 heavy (non-hydrogen) atoms. The number of anilines is 1. The fourth-order valence-corrected chi connectivity index (χ4v) is 5.70. The molecule has 1 aliphatic carbocycles. The lowest BCUT2D eigenvalue weighted by molar-refractivity contribution is 0.0526. The molecule has 0 spiro atoms. The molecule has 0 bridgehead atoms. The monoisotopic (exact) mass is 527 g/mol. The van der Waals surface area contributed by atoms with Crippen LogP contribution in [0.2, 0.25) is 0 Å². The van der Waals surface area contributed by atoms with Crippen molar-refractivity contribution < 1.29 is 19.1 Å². The molecule has 4 rings (SSSR count). The van der Waals surface area contributed by atoms with Crippen molar-refractivity contribution in [2.24, 2.45) is 0 Å². The largest absolute Gasteiger partial charge is 0.492 e. The molecule has 5 nitrogen and oxygen atoms in total. The summed E-state index contributed by atoms with van der Waals surface area (Å²) in [4.78, 5) is 26.8. The van der Waals surface area contributed by atoms with Gasteiger partial charge in [-0.2, -0.15) is 0 Å². The molecule has 1 heterocycles. The van der Waals surface area contributed by atoms with Crippen LogP contribution in [0.3, 0.4) is 0 Å². The Balaban J connectivity index is 1.46. The lowest BCUT2D eigenvalue weighted by atomic mass is 9.95. The van der Waals surface area contributed by atoms with Gasteiger partial charge in [-0.05, 0) is 77.9 Å². The number of fused-ring (bicyclic) bond motifs is 1. The third-order valence-electron chi connectivity index (χ3n) is 5.56. The van der Waals surface area contributed by atoms with Gasteiger partial charge in [0.2, 0.25) is 0 Å². The van der Waals surface area contributed by atoms with Crippen LogP contribution >= 0.6 is 27.3 Å². The van der Waals surface area contributed by atoms with Crippen LogP contribution in [0.5, 0.6) is 5.75 Å². The summed E-state index contributed by atoms with van der Waals surface area (Å²) in [5, 5.41) is 3.53. The van der Waals surface area contributed by atoms with Crippen molar-refractivity contribution >= 4 is 44.1 Å². The summed E-state index contributed by atoms with van der Waals surface area (Å²) in [5.41, 5.74) is 3.24. The standard InChI is InChI=1S/C26H26BrNO4S/c1-2-31-26(30)23-19-10-6-7-11-22(19)33-25(23)28-24(29)18-12-13-21(20(27)16-18)32-15-14-17-8-4-3-5-9-17/h3-5,8-9,12-13,16H,2,6-7,10-11,14-15H2,1H3,(H,28,29). The van der Waals surface area contributed by atoms with Gasteiger partial charge in [0, 0.05) is 16.9 Å². The third-order valence-corrected chi connectivity index (χ3v) is 7.39. The highest BCUT2D eigenvalue weighted by molar-refractivity contribution is 9.10. The Kier molecular flexibility index (Phi) is 7.83. The van der Waals surface area contributed by atoms with Gasteiger partial charge in [-0.1, -0.05) is 30.3 Å². The van der Waals surface area contributed by atoms with E-state index in [0.29, 0.717) is 39.6 Å². The van der Waals surface area contributed by atoms with Crippen molar-refractivity contribution in [1.29, 1.82) is 0 Å². The summed E-state index contributed by atoms with van der Waals surface area (Å²) in [6, 6.07) is 15.4. The van der Waals surface area contributed by atoms with Gasteiger partial charge in [-0.25, -0.2) is 4.79 Å². The predicted molar refractivity (Wildman–Crippen MR) is 135 cm³/mol.